The van der Waals surface area contributed by atoms with E-state index in [1.165, 1.54) is 19.2 Å². The van der Waals surface area contributed by atoms with Crippen molar-refractivity contribution < 1.29 is 22.7 Å². The quantitative estimate of drug-likeness (QED) is 0.793. The van der Waals surface area contributed by atoms with E-state index in [9.17, 15) is 18.0 Å². The number of allylic oxidation sites excluding steroid dienone is 1. The lowest BCUT2D eigenvalue weighted by atomic mass is 10.0. The van der Waals surface area contributed by atoms with Crippen LogP contribution in [0.25, 0.3) is 0 Å². The van der Waals surface area contributed by atoms with Gasteiger partial charge < -0.3 is 15.0 Å². The Balaban J connectivity index is 1.56. The molecule has 2 aromatic carbocycles. The third-order valence-electron chi connectivity index (χ3n) is 5.46. The number of carbonyl (C=O) groups excluding carboxylic acids is 2. The minimum absolute atomic E-state index is 0.161. The van der Waals surface area contributed by atoms with Crippen molar-refractivity contribution in [1.29, 1.82) is 0 Å². The van der Waals surface area contributed by atoms with Gasteiger partial charge in [-0.1, -0.05) is 24.8 Å². The van der Waals surface area contributed by atoms with Crippen LogP contribution in [0.1, 0.15) is 34.3 Å². The molecular formula is C22H22N2O5S. The second-order valence-electron chi connectivity index (χ2n) is 7.51. The Kier molecular flexibility index (Phi) is 5.11. The largest absolute Gasteiger partial charge is 0.497 e. The van der Waals surface area contributed by atoms with Crippen LogP contribution in [0.4, 0.5) is 0 Å². The van der Waals surface area contributed by atoms with E-state index >= 15 is 0 Å². The van der Waals surface area contributed by atoms with Crippen LogP contribution < -0.4 is 10.1 Å². The predicted molar refractivity (Wildman–Crippen MR) is 111 cm³/mol. The highest BCUT2D eigenvalue weighted by Crippen LogP contribution is 2.30. The molecule has 0 bridgehead atoms. The molecule has 0 saturated carbocycles. The van der Waals surface area contributed by atoms with Crippen LogP contribution in [0.15, 0.2) is 59.6 Å². The average Bonchev–Trinajstić information content (AvgIpc) is 3.04. The van der Waals surface area contributed by atoms with Crippen molar-refractivity contribution in [3.05, 3.63) is 71.4 Å². The molecule has 30 heavy (non-hydrogen) atoms. The lowest BCUT2D eigenvalue weighted by Crippen LogP contribution is -2.49. The van der Waals surface area contributed by atoms with Gasteiger partial charge >= 0.3 is 0 Å². The molecule has 8 heteroatoms. The Morgan fingerprint density at radius 2 is 2.00 bits per heavy atom. The van der Waals surface area contributed by atoms with Crippen molar-refractivity contribution in [1.82, 2.24) is 10.2 Å². The molecule has 1 atom stereocenters. The van der Waals surface area contributed by atoms with Gasteiger partial charge in [-0.2, -0.15) is 0 Å². The zero-order valence-corrected chi connectivity index (χ0v) is 17.4. The molecule has 156 valence electrons. The first-order valence-corrected chi connectivity index (χ1v) is 11.2. The number of carbonyl (C=O) groups is 2. The second-order valence-corrected chi connectivity index (χ2v) is 9.50. The molecule has 1 unspecified atom stereocenters. The molecule has 2 aromatic rings. The molecule has 0 radical (unpaired) electrons. The monoisotopic (exact) mass is 426 g/mol. The number of fused-ring (bicyclic) bond motifs is 1. The number of sulfone groups is 1. The number of rotatable bonds is 5. The lowest BCUT2D eigenvalue weighted by Gasteiger charge is -2.30. The van der Waals surface area contributed by atoms with Gasteiger partial charge in [0.2, 0.25) is 5.91 Å². The highest BCUT2D eigenvalue weighted by molar-refractivity contribution is 7.90. The van der Waals surface area contributed by atoms with Crippen LogP contribution in [0.3, 0.4) is 0 Å². The summed E-state index contributed by atoms with van der Waals surface area (Å²) in [4.78, 5) is 27.0. The lowest BCUT2D eigenvalue weighted by molar-refractivity contribution is -0.126. The van der Waals surface area contributed by atoms with Crippen molar-refractivity contribution in [3.63, 3.8) is 0 Å². The fourth-order valence-electron chi connectivity index (χ4n) is 3.87. The summed E-state index contributed by atoms with van der Waals surface area (Å²) in [7, 11) is -2.13. The number of benzene rings is 2. The minimum Gasteiger partial charge on any atom is -0.497 e. The van der Waals surface area contributed by atoms with Crippen LogP contribution in [0.2, 0.25) is 0 Å². The summed E-state index contributed by atoms with van der Waals surface area (Å²) >= 11 is 0. The maximum absolute atomic E-state index is 13.0. The summed E-state index contributed by atoms with van der Waals surface area (Å²) in [6, 6.07) is 10.9. The van der Waals surface area contributed by atoms with Gasteiger partial charge in [0.05, 0.1) is 17.8 Å². The summed E-state index contributed by atoms with van der Waals surface area (Å²) in [6.07, 6.45) is 1.15. The van der Waals surface area contributed by atoms with Crippen LogP contribution in [-0.4, -0.2) is 38.3 Å². The minimum atomic E-state index is -3.61. The average molecular weight is 426 g/mol. The van der Waals surface area contributed by atoms with E-state index in [0.29, 0.717) is 42.0 Å². The van der Waals surface area contributed by atoms with Crippen molar-refractivity contribution in [2.75, 3.05) is 7.11 Å². The fraction of sp³-hybridized carbons (Fsp3) is 0.273. The number of amides is 2. The summed E-state index contributed by atoms with van der Waals surface area (Å²) in [5.41, 5.74) is 2.42. The fourth-order valence-corrected chi connectivity index (χ4v) is 5.24. The van der Waals surface area contributed by atoms with E-state index in [-0.39, 0.29) is 22.5 Å². The molecule has 2 aliphatic heterocycles. The third kappa shape index (κ3) is 3.70. The Bertz CT molecular complexity index is 1160. The number of piperidine rings is 1. The van der Waals surface area contributed by atoms with Gasteiger partial charge in [0.25, 0.3) is 5.91 Å². The van der Waals surface area contributed by atoms with Gasteiger partial charge in [0, 0.05) is 17.8 Å². The molecule has 4 rings (SSSR count). The van der Waals surface area contributed by atoms with Crippen LogP contribution in [0, 0.1) is 0 Å². The van der Waals surface area contributed by atoms with Gasteiger partial charge in [0.1, 0.15) is 11.8 Å². The van der Waals surface area contributed by atoms with E-state index in [1.807, 2.05) is 0 Å². The van der Waals surface area contributed by atoms with Gasteiger partial charge in [-0.05, 0) is 48.2 Å². The molecule has 1 saturated heterocycles. The molecular weight excluding hydrogens is 404 g/mol. The highest BCUT2D eigenvalue weighted by Gasteiger charge is 2.38. The summed E-state index contributed by atoms with van der Waals surface area (Å²) in [5.74, 6) is -0.249. The van der Waals surface area contributed by atoms with Crippen molar-refractivity contribution in [2.45, 2.75) is 36.1 Å². The van der Waals surface area contributed by atoms with E-state index in [0.717, 1.165) is 5.56 Å². The zero-order chi connectivity index (χ0) is 21.5. The smallest absolute Gasteiger partial charge is 0.255 e. The molecule has 2 amide bonds. The first kappa shape index (κ1) is 20.2. The normalized spacial score (nSPS) is 18.9. The number of hydrogen-bond acceptors (Lipinski definition) is 5. The van der Waals surface area contributed by atoms with Gasteiger partial charge in [0.15, 0.2) is 9.84 Å². The number of hydrogen-bond donors (Lipinski definition) is 1. The van der Waals surface area contributed by atoms with Crippen LogP contribution >= 0.6 is 0 Å². The molecule has 1 fully saturated rings. The third-order valence-corrected chi connectivity index (χ3v) is 7.15. The predicted octanol–water partition coefficient (Wildman–Crippen LogP) is 2.42. The second kappa shape index (κ2) is 7.60. The number of methoxy groups -OCH3 is 1. The maximum atomic E-state index is 13.0. The Hall–Kier alpha value is -3.13. The van der Waals surface area contributed by atoms with Gasteiger partial charge in [-0.25, -0.2) is 8.42 Å². The summed E-state index contributed by atoms with van der Waals surface area (Å²) in [5, 5.41) is 2.71. The van der Waals surface area contributed by atoms with E-state index in [2.05, 4.69) is 11.9 Å². The van der Waals surface area contributed by atoms with Crippen LogP contribution in [-0.2, 0) is 26.9 Å². The van der Waals surface area contributed by atoms with E-state index in [4.69, 9.17) is 4.74 Å². The first-order chi connectivity index (χ1) is 14.3. The van der Waals surface area contributed by atoms with Crippen molar-refractivity contribution >= 4 is 21.7 Å². The number of nitrogens with zero attached hydrogens (tertiary/aromatic N) is 1. The topological polar surface area (TPSA) is 92.8 Å². The Labute approximate surface area is 175 Å². The van der Waals surface area contributed by atoms with Crippen LogP contribution in [0.5, 0.6) is 5.75 Å². The summed E-state index contributed by atoms with van der Waals surface area (Å²) < 4.78 is 30.8. The highest BCUT2D eigenvalue weighted by atomic mass is 32.2. The van der Waals surface area contributed by atoms with Gasteiger partial charge in [-0.3, -0.25) is 9.59 Å². The van der Waals surface area contributed by atoms with E-state index in [1.54, 1.807) is 35.2 Å². The first-order valence-electron chi connectivity index (χ1n) is 9.57. The maximum Gasteiger partial charge on any atom is 0.255 e. The molecule has 0 aromatic heterocycles. The summed E-state index contributed by atoms with van der Waals surface area (Å²) in [6.45, 7) is 4.10. The molecule has 0 aliphatic carbocycles. The Morgan fingerprint density at radius 1 is 1.20 bits per heavy atom. The molecule has 7 nitrogen and oxygen atoms in total. The molecule has 2 heterocycles. The van der Waals surface area contributed by atoms with Gasteiger partial charge in [-0.15, -0.1) is 0 Å². The SMILES string of the molecule is C=C1CCC(N2Cc3ccc(CS(=O)(=O)c4cccc(OC)c4)cc3C2=O)C(=O)N1. The zero-order valence-electron chi connectivity index (χ0n) is 16.6. The standard InChI is InChI=1S/C22H22N2O5S/c1-14-6-9-20(21(25)23-14)24-12-16-8-7-15(10-19(16)22(24)26)13-30(27,28)18-5-3-4-17(11-18)29-2/h3-5,7-8,10-11,20H,1,6,9,12-13H2,2H3,(H,23,25). The van der Waals surface area contributed by atoms with Crippen molar-refractivity contribution in [2.24, 2.45) is 0 Å². The van der Waals surface area contributed by atoms with E-state index < -0.39 is 15.9 Å². The number of nitrogens with one attached hydrogen (secondary N) is 1. The molecule has 0 spiro atoms. The molecule has 2 aliphatic rings. The number of ether oxygens (including phenoxy) is 1. The van der Waals surface area contributed by atoms with Crippen molar-refractivity contribution in [3.8, 4) is 5.75 Å². The Morgan fingerprint density at radius 3 is 2.73 bits per heavy atom. The molecule has 1 N–H and O–H groups in total.